The number of fused-ring (bicyclic) bond motifs is 4. The average molecular weight is 506 g/mol. The van der Waals surface area contributed by atoms with E-state index in [-0.39, 0.29) is 31.6 Å². The topological polar surface area (TPSA) is 124 Å². The highest BCUT2D eigenvalue weighted by atomic mass is 16.5. The van der Waals surface area contributed by atoms with Gasteiger partial charge in [0.15, 0.2) is 0 Å². The molecule has 37 heavy (non-hydrogen) atoms. The highest BCUT2D eigenvalue weighted by molar-refractivity contribution is 5.96. The highest BCUT2D eigenvalue weighted by Gasteiger charge is 2.50. The van der Waals surface area contributed by atoms with Crippen LogP contribution in [-0.2, 0) is 20.7 Å². The van der Waals surface area contributed by atoms with Crippen molar-refractivity contribution in [3.63, 3.8) is 0 Å². The zero-order valence-electron chi connectivity index (χ0n) is 20.6. The number of aromatic nitrogens is 1. The number of nitrogens with zero attached hydrogens (tertiary/aromatic N) is 1. The predicted molar refractivity (Wildman–Crippen MR) is 137 cm³/mol. The predicted octanol–water partition coefficient (Wildman–Crippen LogP) is 1.51. The van der Waals surface area contributed by atoms with Crippen LogP contribution in [-0.4, -0.2) is 83.6 Å². The Morgan fingerprint density at radius 2 is 1.95 bits per heavy atom. The van der Waals surface area contributed by atoms with E-state index in [0.717, 1.165) is 22.2 Å². The fourth-order valence-corrected chi connectivity index (χ4v) is 5.35. The fraction of sp³-hybridized carbons (Fsp3) is 0.357. The number of methoxy groups -OCH3 is 1. The van der Waals surface area contributed by atoms with Gasteiger partial charge in [-0.25, -0.2) is 0 Å². The van der Waals surface area contributed by atoms with Gasteiger partial charge in [0, 0.05) is 49.0 Å². The first-order valence-electron chi connectivity index (χ1n) is 12.4. The van der Waals surface area contributed by atoms with E-state index in [1.807, 2.05) is 54.6 Å². The third-order valence-corrected chi connectivity index (χ3v) is 7.03. The molecule has 0 bridgehead atoms. The number of carbonyl (C=O) groups is 2. The number of amides is 2. The SMILES string of the molecule is COCC(=O)N(CCc1cc2ccccc2[nH]1)[C@@H]1C=C(C(=O)NCCO)[C@@H]2c3ccccc3O[C@@H]2[C@H]1O. The number of ether oxygens (including phenoxy) is 2. The van der Waals surface area contributed by atoms with Crippen LogP contribution < -0.4 is 10.1 Å². The molecule has 2 heterocycles. The second-order valence-corrected chi connectivity index (χ2v) is 9.33. The van der Waals surface area contributed by atoms with Crippen LogP contribution in [0.25, 0.3) is 10.9 Å². The van der Waals surface area contributed by atoms with Gasteiger partial charge in [0.1, 0.15) is 24.6 Å². The van der Waals surface area contributed by atoms with Crippen molar-refractivity contribution in [1.82, 2.24) is 15.2 Å². The van der Waals surface area contributed by atoms with Crippen molar-refractivity contribution in [3.05, 3.63) is 77.5 Å². The number of rotatable bonds is 9. The van der Waals surface area contributed by atoms with Crippen LogP contribution in [0.5, 0.6) is 5.75 Å². The van der Waals surface area contributed by atoms with E-state index in [1.165, 1.54) is 7.11 Å². The van der Waals surface area contributed by atoms with Crippen molar-refractivity contribution in [2.24, 2.45) is 0 Å². The first-order chi connectivity index (χ1) is 18.0. The minimum Gasteiger partial charge on any atom is -0.486 e. The van der Waals surface area contributed by atoms with Crippen molar-refractivity contribution in [2.45, 2.75) is 30.6 Å². The molecule has 2 aliphatic rings. The molecule has 4 N–H and O–H groups in total. The number of hydrogen-bond donors (Lipinski definition) is 4. The number of H-pyrrole nitrogens is 1. The molecule has 194 valence electrons. The van der Waals surface area contributed by atoms with Crippen LogP contribution in [0.2, 0.25) is 0 Å². The molecule has 2 aromatic carbocycles. The number of aliphatic hydroxyl groups excluding tert-OH is 2. The van der Waals surface area contributed by atoms with Crippen molar-refractivity contribution < 1.29 is 29.3 Å². The minimum atomic E-state index is -1.07. The van der Waals surface area contributed by atoms with E-state index in [0.29, 0.717) is 24.3 Å². The van der Waals surface area contributed by atoms with E-state index >= 15 is 0 Å². The zero-order chi connectivity index (χ0) is 25.9. The van der Waals surface area contributed by atoms with Crippen LogP contribution in [0.1, 0.15) is 17.2 Å². The molecule has 1 aliphatic heterocycles. The Labute approximate surface area is 214 Å². The zero-order valence-corrected chi connectivity index (χ0v) is 20.6. The Hall–Kier alpha value is -3.66. The van der Waals surface area contributed by atoms with Crippen LogP contribution >= 0.6 is 0 Å². The summed E-state index contributed by atoms with van der Waals surface area (Å²) in [5.74, 6) is -0.556. The van der Waals surface area contributed by atoms with Crippen molar-refractivity contribution in [1.29, 1.82) is 0 Å². The molecule has 2 amide bonds. The third kappa shape index (κ3) is 4.85. The van der Waals surface area contributed by atoms with Gasteiger partial charge >= 0.3 is 0 Å². The summed E-state index contributed by atoms with van der Waals surface area (Å²) >= 11 is 0. The Kier molecular flexibility index (Phi) is 7.27. The summed E-state index contributed by atoms with van der Waals surface area (Å²) in [4.78, 5) is 31.3. The lowest BCUT2D eigenvalue weighted by Crippen LogP contribution is -2.56. The molecule has 9 heteroatoms. The van der Waals surface area contributed by atoms with Gasteiger partial charge < -0.3 is 34.9 Å². The van der Waals surface area contributed by atoms with Crippen LogP contribution in [0.4, 0.5) is 0 Å². The second kappa shape index (κ2) is 10.8. The van der Waals surface area contributed by atoms with E-state index in [9.17, 15) is 19.8 Å². The maximum absolute atomic E-state index is 13.2. The van der Waals surface area contributed by atoms with E-state index in [2.05, 4.69) is 10.3 Å². The van der Waals surface area contributed by atoms with Crippen LogP contribution in [0.3, 0.4) is 0 Å². The summed E-state index contributed by atoms with van der Waals surface area (Å²) in [7, 11) is 1.45. The van der Waals surface area contributed by atoms with Crippen molar-refractivity contribution in [3.8, 4) is 5.75 Å². The van der Waals surface area contributed by atoms with Crippen LogP contribution in [0, 0.1) is 0 Å². The quantitative estimate of drug-likeness (QED) is 0.350. The smallest absolute Gasteiger partial charge is 0.249 e. The van der Waals surface area contributed by atoms with E-state index in [1.54, 1.807) is 11.0 Å². The maximum atomic E-state index is 13.2. The average Bonchev–Trinajstić information content (AvgIpc) is 3.50. The van der Waals surface area contributed by atoms with Gasteiger partial charge in [-0.15, -0.1) is 0 Å². The highest BCUT2D eigenvalue weighted by Crippen LogP contribution is 2.47. The molecule has 0 saturated carbocycles. The second-order valence-electron chi connectivity index (χ2n) is 9.33. The van der Waals surface area contributed by atoms with Gasteiger partial charge in [-0.2, -0.15) is 0 Å². The third-order valence-electron chi connectivity index (χ3n) is 7.03. The maximum Gasteiger partial charge on any atom is 0.249 e. The van der Waals surface area contributed by atoms with Gasteiger partial charge in [0.05, 0.1) is 18.6 Å². The van der Waals surface area contributed by atoms with Gasteiger partial charge in [0.2, 0.25) is 11.8 Å². The van der Waals surface area contributed by atoms with Gasteiger partial charge in [-0.3, -0.25) is 9.59 Å². The Morgan fingerprint density at radius 3 is 2.73 bits per heavy atom. The number of aliphatic hydroxyl groups is 2. The Bertz CT molecular complexity index is 1280. The molecule has 0 radical (unpaired) electrons. The molecule has 0 spiro atoms. The largest absolute Gasteiger partial charge is 0.486 e. The standard InChI is InChI=1S/C28H31N3O6/c1-36-16-24(33)31(12-10-18-14-17-6-2-4-8-21(17)30-18)22-15-20(28(35)29-11-13-32)25-19-7-3-5-9-23(19)37-27(25)26(22)34/h2-9,14-15,22,25-27,30,32,34H,10-13,16H2,1H3,(H,29,35)/t22-,25+,26+,27+/m1/s1. The Balaban J connectivity index is 1.48. The lowest BCUT2D eigenvalue weighted by Gasteiger charge is -2.40. The molecular weight excluding hydrogens is 474 g/mol. The first-order valence-corrected chi connectivity index (χ1v) is 12.4. The molecule has 0 unspecified atom stereocenters. The molecule has 9 nitrogen and oxygen atoms in total. The molecule has 1 aliphatic carbocycles. The number of nitrogens with one attached hydrogen (secondary N) is 2. The van der Waals surface area contributed by atoms with Gasteiger partial charge in [-0.1, -0.05) is 36.4 Å². The number of carbonyl (C=O) groups excluding carboxylic acids is 2. The molecule has 4 atom stereocenters. The molecule has 1 aromatic heterocycles. The van der Waals surface area contributed by atoms with Gasteiger partial charge in [-0.05, 0) is 29.7 Å². The fourth-order valence-electron chi connectivity index (χ4n) is 5.35. The molecule has 0 fully saturated rings. The van der Waals surface area contributed by atoms with Gasteiger partial charge in [0.25, 0.3) is 0 Å². The number of para-hydroxylation sites is 2. The number of aromatic amines is 1. The molecule has 3 aromatic rings. The number of hydrogen-bond acceptors (Lipinski definition) is 6. The monoisotopic (exact) mass is 505 g/mol. The molecular formula is C28H31N3O6. The summed E-state index contributed by atoms with van der Waals surface area (Å²) in [6, 6.07) is 16.6. The van der Waals surface area contributed by atoms with Crippen molar-refractivity contribution in [2.75, 3.05) is 33.4 Å². The van der Waals surface area contributed by atoms with E-state index < -0.39 is 24.2 Å². The van der Waals surface area contributed by atoms with Crippen LogP contribution in [0.15, 0.2) is 66.2 Å². The van der Waals surface area contributed by atoms with Crippen molar-refractivity contribution >= 4 is 22.7 Å². The summed E-state index contributed by atoms with van der Waals surface area (Å²) < 4.78 is 11.3. The lowest BCUT2D eigenvalue weighted by molar-refractivity contribution is -0.141. The normalized spacial score (nSPS) is 22.1. The summed E-state index contributed by atoms with van der Waals surface area (Å²) in [5, 5.41) is 24.5. The Morgan fingerprint density at radius 1 is 1.16 bits per heavy atom. The summed E-state index contributed by atoms with van der Waals surface area (Å²) in [6.07, 6.45) is 0.370. The lowest BCUT2D eigenvalue weighted by atomic mass is 9.77. The minimum absolute atomic E-state index is 0.0932. The number of benzene rings is 2. The summed E-state index contributed by atoms with van der Waals surface area (Å²) in [5.41, 5.74) is 3.17. The molecule has 0 saturated heterocycles. The van der Waals surface area contributed by atoms with E-state index in [4.69, 9.17) is 9.47 Å². The first kappa shape index (κ1) is 25.0. The molecule has 5 rings (SSSR count). The summed E-state index contributed by atoms with van der Waals surface area (Å²) in [6.45, 7) is 0.0271.